The second kappa shape index (κ2) is 8.35. The highest BCUT2D eigenvalue weighted by molar-refractivity contribution is 8.02. The van der Waals surface area contributed by atoms with Crippen molar-refractivity contribution in [3.63, 3.8) is 0 Å². The Labute approximate surface area is 164 Å². The third-order valence-electron chi connectivity index (χ3n) is 4.23. The van der Waals surface area contributed by atoms with Crippen LogP contribution in [0.5, 0.6) is 0 Å². The van der Waals surface area contributed by atoms with Gasteiger partial charge in [0.05, 0.1) is 0 Å². The van der Waals surface area contributed by atoms with E-state index in [1.54, 1.807) is 18.0 Å². The zero-order valence-corrected chi connectivity index (χ0v) is 16.9. The van der Waals surface area contributed by atoms with E-state index >= 15 is 0 Å². The number of hydrogen-bond donors (Lipinski definition) is 1. The number of halogens is 1. The molecule has 3 rings (SSSR count). The maximum Gasteiger partial charge on any atom is 0.201 e. The van der Waals surface area contributed by atoms with Gasteiger partial charge < -0.3 is 0 Å². The average Bonchev–Trinajstić information content (AvgIpc) is 2.94. The third kappa shape index (κ3) is 4.18. The number of nitrogens with zero attached hydrogens (tertiary/aromatic N) is 3. The molecule has 0 spiro atoms. The van der Waals surface area contributed by atoms with Crippen molar-refractivity contribution in [3.8, 4) is 0 Å². The summed E-state index contributed by atoms with van der Waals surface area (Å²) in [5, 5.41) is 5.33. The Morgan fingerprint density at radius 3 is 2.73 bits per heavy atom. The number of pyridine rings is 1. The first-order chi connectivity index (χ1) is 12.5. The zero-order valence-electron chi connectivity index (χ0n) is 15.3. The molecular weight excluding hydrogens is 364 g/mol. The third-order valence-corrected chi connectivity index (χ3v) is 5.72. The largest absolute Gasteiger partial charge is 0.273 e. The second-order valence-corrected chi connectivity index (χ2v) is 8.21. The Morgan fingerprint density at radius 2 is 2.08 bits per heavy atom. The number of rotatable bonds is 7. The van der Waals surface area contributed by atoms with Crippen LogP contribution in [0.15, 0.2) is 69.4 Å². The lowest BCUT2D eigenvalue weighted by atomic mass is 10.1. The quantitative estimate of drug-likeness (QED) is 0.687. The Morgan fingerprint density at radius 1 is 1.23 bits per heavy atom. The number of aliphatic imine (C=N–C) groups is 1. The molecule has 1 aliphatic heterocycles. The lowest BCUT2D eigenvalue weighted by Gasteiger charge is -2.32. The van der Waals surface area contributed by atoms with E-state index in [0.29, 0.717) is 10.4 Å². The van der Waals surface area contributed by atoms with Crippen LogP contribution >= 0.6 is 23.4 Å². The fraction of sp³-hybridized carbons (Fsp3) is 0.300. The first-order valence-electron chi connectivity index (χ1n) is 8.68. The van der Waals surface area contributed by atoms with Gasteiger partial charge >= 0.3 is 0 Å². The summed E-state index contributed by atoms with van der Waals surface area (Å²) in [7, 11) is 1.98. The number of aromatic nitrogens is 1. The van der Waals surface area contributed by atoms with Crippen LogP contribution < -0.4 is 5.32 Å². The highest BCUT2D eigenvalue weighted by Crippen LogP contribution is 2.42. The number of quaternary nitrogens is 1. The van der Waals surface area contributed by atoms with E-state index in [0.717, 1.165) is 28.8 Å². The van der Waals surface area contributed by atoms with Gasteiger partial charge in [0, 0.05) is 33.8 Å². The normalized spacial score (nSPS) is 19.6. The Bertz CT molecular complexity index is 820. The van der Waals surface area contributed by atoms with Gasteiger partial charge in [-0.25, -0.2) is 9.48 Å². The minimum Gasteiger partial charge on any atom is -0.273 e. The van der Waals surface area contributed by atoms with E-state index in [4.69, 9.17) is 16.6 Å². The van der Waals surface area contributed by atoms with Gasteiger partial charge in [-0.05, 0) is 43.1 Å². The summed E-state index contributed by atoms with van der Waals surface area (Å²) in [6, 6.07) is 12.1. The van der Waals surface area contributed by atoms with Crippen LogP contribution in [0.25, 0.3) is 0 Å². The maximum atomic E-state index is 6.20. The van der Waals surface area contributed by atoms with Crippen molar-refractivity contribution in [2.75, 3.05) is 13.7 Å². The lowest BCUT2D eigenvalue weighted by Crippen LogP contribution is -2.48. The van der Waals surface area contributed by atoms with E-state index in [2.05, 4.69) is 42.6 Å². The summed E-state index contributed by atoms with van der Waals surface area (Å²) in [6.07, 6.45) is 5.80. The molecule has 0 amide bonds. The summed E-state index contributed by atoms with van der Waals surface area (Å²) in [5.41, 5.74) is 2.32. The number of allylic oxidation sites excluding steroid dienone is 1. The van der Waals surface area contributed by atoms with E-state index in [1.807, 2.05) is 37.5 Å². The van der Waals surface area contributed by atoms with Crippen molar-refractivity contribution in [1.29, 1.82) is 0 Å². The van der Waals surface area contributed by atoms with Gasteiger partial charge in [0.15, 0.2) is 6.34 Å². The summed E-state index contributed by atoms with van der Waals surface area (Å²) in [4.78, 5) is 10.2. The van der Waals surface area contributed by atoms with Crippen molar-refractivity contribution in [1.82, 2.24) is 10.3 Å². The molecule has 0 saturated heterocycles. The minimum absolute atomic E-state index is 0.346. The van der Waals surface area contributed by atoms with Gasteiger partial charge in [0.1, 0.15) is 18.9 Å². The SMILES string of the molecule is CNC[N+]1(Cc2cccnc2)C=NC(C(C)C)=C1Sc1cccc(Cl)c1. The Kier molecular flexibility index (Phi) is 6.14. The van der Waals surface area contributed by atoms with Crippen LogP contribution in [0.2, 0.25) is 5.02 Å². The molecule has 4 nitrogen and oxygen atoms in total. The highest BCUT2D eigenvalue weighted by Gasteiger charge is 2.40. The van der Waals surface area contributed by atoms with Gasteiger partial charge in [0.25, 0.3) is 0 Å². The Balaban J connectivity index is 2.02. The molecule has 1 aromatic carbocycles. The summed E-state index contributed by atoms with van der Waals surface area (Å²) >= 11 is 7.95. The van der Waals surface area contributed by atoms with Gasteiger partial charge in [-0.3, -0.25) is 10.3 Å². The molecule has 0 radical (unpaired) electrons. The molecule has 1 N–H and O–H groups in total. The molecule has 1 atom stereocenters. The monoisotopic (exact) mass is 387 g/mol. The standard InChI is InChI=1S/C20H24ClN4S/c1-15(2)19-20(26-18-8-4-7-17(21)10-18)25(13-22-3,14-24-19)12-16-6-5-9-23-11-16/h4-11,14-15,22H,12-13H2,1-3H3/q+1. The molecule has 26 heavy (non-hydrogen) atoms. The molecule has 0 aliphatic carbocycles. The van der Waals surface area contributed by atoms with E-state index in [1.165, 1.54) is 10.6 Å². The molecule has 2 heterocycles. The average molecular weight is 388 g/mol. The maximum absolute atomic E-state index is 6.20. The number of hydrogen-bond acceptors (Lipinski definition) is 4. The molecule has 1 aromatic heterocycles. The fourth-order valence-corrected chi connectivity index (χ4v) is 4.63. The van der Waals surface area contributed by atoms with Crippen LogP contribution in [0.3, 0.4) is 0 Å². The van der Waals surface area contributed by atoms with E-state index in [-0.39, 0.29) is 0 Å². The van der Waals surface area contributed by atoms with E-state index < -0.39 is 0 Å². The summed E-state index contributed by atoms with van der Waals surface area (Å²) in [6.45, 7) is 5.94. The van der Waals surface area contributed by atoms with E-state index in [9.17, 15) is 0 Å². The Hall–Kier alpha value is -1.66. The van der Waals surface area contributed by atoms with Gasteiger partial charge in [-0.15, -0.1) is 0 Å². The molecule has 2 aromatic rings. The molecule has 1 aliphatic rings. The second-order valence-electron chi connectivity index (χ2n) is 6.71. The molecule has 136 valence electrons. The smallest absolute Gasteiger partial charge is 0.201 e. The molecule has 0 saturated carbocycles. The predicted octanol–water partition coefficient (Wildman–Crippen LogP) is 4.89. The molecule has 6 heteroatoms. The van der Waals surface area contributed by atoms with Gasteiger partial charge in [0.2, 0.25) is 5.03 Å². The minimum atomic E-state index is 0.346. The number of benzene rings is 1. The van der Waals surface area contributed by atoms with Crippen LogP contribution in [-0.2, 0) is 6.54 Å². The number of thioether (sulfide) groups is 1. The zero-order chi connectivity index (χ0) is 18.6. The van der Waals surface area contributed by atoms with Crippen molar-refractivity contribution in [2.45, 2.75) is 25.3 Å². The molecular formula is C20H24ClN4S+. The lowest BCUT2D eigenvalue weighted by molar-refractivity contribution is -0.802. The molecule has 0 bridgehead atoms. The van der Waals surface area contributed by atoms with Crippen LogP contribution in [0.1, 0.15) is 19.4 Å². The van der Waals surface area contributed by atoms with Gasteiger partial charge in [-0.1, -0.05) is 37.6 Å². The fourth-order valence-electron chi connectivity index (χ4n) is 3.07. The number of nitrogens with one attached hydrogen (secondary N) is 1. The first-order valence-corrected chi connectivity index (χ1v) is 9.87. The van der Waals surface area contributed by atoms with Crippen molar-refractivity contribution >= 4 is 29.7 Å². The van der Waals surface area contributed by atoms with Crippen molar-refractivity contribution in [2.24, 2.45) is 10.9 Å². The van der Waals surface area contributed by atoms with Crippen molar-refractivity contribution < 1.29 is 4.48 Å². The molecule has 0 fully saturated rings. The van der Waals surface area contributed by atoms with Crippen molar-refractivity contribution in [3.05, 3.63) is 70.1 Å². The van der Waals surface area contributed by atoms with Crippen LogP contribution in [0.4, 0.5) is 0 Å². The predicted molar refractivity (Wildman–Crippen MR) is 110 cm³/mol. The summed E-state index contributed by atoms with van der Waals surface area (Å²) < 4.78 is 0.632. The van der Waals surface area contributed by atoms with Crippen LogP contribution in [0, 0.1) is 5.92 Å². The van der Waals surface area contributed by atoms with Gasteiger partial charge in [-0.2, -0.15) is 0 Å². The topological polar surface area (TPSA) is 37.3 Å². The summed E-state index contributed by atoms with van der Waals surface area (Å²) in [5.74, 6) is 0.346. The van der Waals surface area contributed by atoms with Crippen LogP contribution in [-0.4, -0.2) is 29.5 Å². The first kappa shape index (κ1) is 19.1. The molecule has 1 unspecified atom stereocenters. The highest BCUT2D eigenvalue weighted by atomic mass is 35.5.